The van der Waals surface area contributed by atoms with Crippen molar-refractivity contribution in [1.29, 1.82) is 0 Å². The van der Waals surface area contributed by atoms with Crippen molar-refractivity contribution in [3.8, 4) is 17.6 Å². The van der Waals surface area contributed by atoms with Crippen LogP contribution in [-0.2, 0) is 6.54 Å². The number of halogens is 2. The number of ether oxygens (including phenoxy) is 1. The molecule has 4 heteroatoms. The Labute approximate surface area is 106 Å². The van der Waals surface area contributed by atoms with Crippen LogP contribution in [0.25, 0.3) is 0 Å². The van der Waals surface area contributed by atoms with E-state index in [1.807, 2.05) is 0 Å². The monoisotopic (exact) mass is 257 g/mol. The molecule has 0 saturated heterocycles. The summed E-state index contributed by atoms with van der Waals surface area (Å²) in [6.07, 6.45) is 0.666. The summed E-state index contributed by atoms with van der Waals surface area (Å²) in [6, 6.07) is 3.40. The van der Waals surface area contributed by atoms with Gasteiger partial charge in [-0.2, -0.15) is 0 Å². The molecule has 0 saturated carbocycles. The first-order chi connectivity index (χ1) is 7.69. The molecule has 0 heterocycles. The molecule has 0 radical (unpaired) electrons. The zero-order valence-corrected chi connectivity index (χ0v) is 10.5. The van der Waals surface area contributed by atoms with Gasteiger partial charge in [0.05, 0.1) is 11.6 Å². The van der Waals surface area contributed by atoms with Crippen molar-refractivity contribution >= 4 is 23.2 Å². The molecule has 0 aliphatic rings. The Morgan fingerprint density at radius 3 is 2.75 bits per heavy atom. The molecular formula is C12H13Cl2NO. The normalized spacial score (nSPS) is 9.50. The maximum absolute atomic E-state index is 6.03. The average molecular weight is 258 g/mol. The lowest BCUT2D eigenvalue weighted by atomic mass is 10.2. The van der Waals surface area contributed by atoms with E-state index in [2.05, 4.69) is 11.8 Å². The summed E-state index contributed by atoms with van der Waals surface area (Å²) in [6.45, 7) is 2.63. The van der Waals surface area contributed by atoms with Crippen molar-refractivity contribution in [1.82, 2.24) is 0 Å². The third kappa shape index (κ3) is 3.61. The van der Waals surface area contributed by atoms with Crippen LogP contribution in [0, 0.1) is 11.8 Å². The minimum atomic E-state index is 0.342. The van der Waals surface area contributed by atoms with Crippen LogP contribution in [0.5, 0.6) is 5.75 Å². The Hall–Kier alpha value is -0.880. The molecule has 1 rings (SSSR count). The van der Waals surface area contributed by atoms with Gasteiger partial charge in [0, 0.05) is 23.6 Å². The Balaban J connectivity index is 2.80. The van der Waals surface area contributed by atoms with E-state index in [-0.39, 0.29) is 0 Å². The van der Waals surface area contributed by atoms with E-state index in [9.17, 15) is 0 Å². The molecule has 0 amide bonds. The van der Waals surface area contributed by atoms with E-state index in [0.29, 0.717) is 35.4 Å². The smallest absolute Gasteiger partial charge is 0.142 e. The lowest BCUT2D eigenvalue weighted by molar-refractivity contribution is 0.324. The fourth-order valence-corrected chi connectivity index (χ4v) is 1.85. The van der Waals surface area contributed by atoms with Crippen LogP contribution >= 0.6 is 23.2 Å². The van der Waals surface area contributed by atoms with Crippen molar-refractivity contribution in [2.24, 2.45) is 5.73 Å². The second kappa shape index (κ2) is 6.65. The maximum Gasteiger partial charge on any atom is 0.142 e. The van der Waals surface area contributed by atoms with Gasteiger partial charge in [0.15, 0.2) is 0 Å². The first-order valence-electron chi connectivity index (χ1n) is 4.89. The Morgan fingerprint density at radius 1 is 1.38 bits per heavy atom. The zero-order chi connectivity index (χ0) is 12.0. The summed E-state index contributed by atoms with van der Waals surface area (Å²) in [5.74, 6) is 6.31. The van der Waals surface area contributed by atoms with Gasteiger partial charge in [0.2, 0.25) is 0 Å². The number of rotatable bonds is 4. The predicted molar refractivity (Wildman–Crippen MR) is 67.9 cm³/mol. The molecule has 0 aliphatic heterocycles. The Kier molecular flexibility index (Phi) is 5.48. The van der Waals surface area contributed by atoms with Crippen LogP contribution in [0.1, 0.15) is 18.9 Å². The topological polar surface area (TPSA) is 35.2 Å². The van der Waals surface area contributed by atoms with E-state index >= 15 is 0 Å². The quantitative estimate of drug-likeness (QED) is 0.664. The van der Waals surface area contributed by atoms with Gasteiger partial charge in [-0.25, -0.2) is 0 Å². The summed E-state index contributed by atoms with van der Waals surface area (Å²) in [4.78, 5) is 0. The summed E-state index contributed by atoms with van der Waals surface area (Å²) in [5, 5.41) is 1.04. The van der Waals surface area contributed by atoms with Gasteiger partial charge in [-0.05, 0) is 19.1 Å². The molecule has 1 aromatic rings. The highest BCUT2D eigenvalue weighted by Gasteiger charge is 2.09. The van der Waals surface area contributed by atoms with Gasteiger partial charge in [0.25, 0.3) is 0 Å². The summed E-state index contributed by atoms with van der Waals surface area (Å²) < 4.78 is 5.54. The molecule has 0 aliphatic carbocycles. The van der Waals surface area contributed by atoms with Crippen molar-refractivity contribution < 1.29 is 4.74 Å². The first kappa shape index (κ1) is 13.2. The second-order valence-electron chi connectivity index (χ2n) is 3.11. The largest absolute Gasteiger partial charge is 0.491 e. The van der Waals surface area contributed by atoms with Gasteiger partial charge in [-0.3, -0.25) is 0 Å². The third-order valence-electron chi connectivity index (χ3n) is 1.96. The summed E-state index contributed by atoms with van der Waals surface area (Å²) in [5.41, 5.74) is 6.40. The molecule has 2 nitrogen and oxygen atoms in total. The fourth-order valence-electron chi connectivity index (χ4n) is 1.26. The number of hydrogen-bond acceptors (Lipinski definition) is 2. The van der Waals surface area contributed by atoms with Crippen LogP contribution in [0.15, 0.2) is 12.1 Å². The Bertz CT molecular complexity index is 421. The van der Waals surface area contributed by atoms with Crippen LogP contribution in [-0.4, -0.2) is 6.61 Å². The number of hydrogen-bond donors (Lipinski definition) is 1. The summed E-state index contributed by atoms with van der Waals surface area (Å²) in [7, 11) is 0. The van der Waals surface area contributed by atoms with Gasteiger partial charge in [-0.15, -0.1) is 11.8 Å². The fraction of sp³-hybridized carbons (Fsp3) is 0.333. The minimum absolute atomic E-state index is 0.342. The molecule has 2 N–H and O–H groups in total. The van der Waals surface area contributed by atoms with Gasteiger partial charge < -0.3 is 10.5 Å². The molecule has 16 heavy (non-hydrogen) atoms. The zero-order valence-electron chi connectivity index (χ0n) is 9.02. The number of nitrogens with two attached hydrogens (primary N) is 1. The van der Waals surface area contributed by atoms with Gasteiger partial charge in [-0.1, -0.05) is 23.2 Å². The predicted octanol–water partition coefficient (Wildman–Crippen LogP) is 3.24. The average Bonchev–Trinajstić information content (AvgIpc) is 2.26. The van der Waals surface area contributed by atoms with Crippen molar-refractivity contribution in [3.05, 3.63) is 27.7 Å². The molecule has 0 unspecified atom stereocenters. The van der Waals surface area contributed by atoms with Crippen molar-refractivity contribution in [3.63, 3.8) is 0 Å². The molecular weight excluding hydrogens is 245 g/mol. The van der Waals surface area contributed by atoms with E-state index in [0.717, 1.165) is 5.56 Å². The van der Waals surface area contributed by atoms with Gasteiger partial charge in [0.1, 0.15) is 5.75 Å². The second-order valence-corrected chi connectivity index (χ2v) is 3.95. The molecule has 0 aromatic heterocycles. The number of benzene rings is 1. The lowest BCUT2D eigenvalue weighted by Gasteiger charge is -2.11. The highest BCUT2D eigenvalue weighted by atomic mass is 35.5. The molecule has 0 fully saturated rings. The van der Waals surface area contributed by atoms with Crippen molar-refractivity contribution in [2.75, 3.05) is 6.61 Å². The van der Waals surface area contributed by atoms with E-state index in [1.165, 1.54) is 0 Å². The minimum Gasteiger partial charge on any atom is -0.491 e. The maximum atomic E-state index is 6.03. The molecule has 0 spiro atoms. The van der Waals surface area contributed by atoms with Crippen LogP contribution in [0.3, 0.4) is 0 Å². The third-order valence-corrected chi connectivity index (χ3v) is 2.45. The van der Waals surface area contributed by atoms with E-state index < -0.39 is 0 Å². The first-order valence-corrected chi connectivity index (χ1v) is 5.65. The van der Waals surface area contributed by atoms with Crippen LogP contribution in [0.4, 0.5) is 0 Å². The SMILES string of the molecule is CC#CCCOc1c(Cl)cc(Cl)cc1CN. The molecule has 1 aromatic carbocycles. The molecule has 0 atom stereocenters. The van der Waals surface area contributed by atoms with Crippen molar-refractivity contribution in [2.45, 2.75) is 19.9 Å². The highest BCUT2D eigenvalue weighted by molar-refractivity contribution is 6.35. The highest BCUT2D eigenvalue weighted by Crippen LogP contribution is 2.32. The van der Waals surface area contributed by atoms with Crippen LogP contribution < -0.4 is 10.5 Å². The van der Waals surface area contributed by atoms with E-state index in [1.54, 1.807) is 19.1 Å². The molecule has 86 valence electrons. The van der Waals surface area contributed by atoms with E-state index in [4.69, 9.17) is 33.7 Å². The molecule has 0 bridgehead atoms. The summed E-state index contributed by atoms with van der Waals surface area (Å²) >= 11 is 11.9. The standard InChI is InChI=1S/C12H13Cl2NO/c1-2-3-4-5-16-12-9(8-15)6-10(13)7-11(12)14/h6-7H,4-5,8,15H2,1H3. The van der Waals surface area contributed by atoms with Gasteiger partial charge >= 0.3 is 0 Å². The Morgan fingerprint density at radius 2 is 2.12 bits per heavy atom. The lowest BCUT2D eigenvalue weighted by Crippen LogP contribution is -2.04. The van der Waals surface area contributed by atoms with Crippen LogP contribution in [0.2, 0.25) is 10.0 Å².